The minimum Gasteiger partial charge on any atom is -0.255 e. The van der Waals surface area contributed by atoms with E-state index in [4.69, 9.17) is 5.26 Å². The van der Waals surface area contributed by atoms with Crippen molar-refractivity contribution < 1.29 is 17.6 Å². The fourth-order valence-electron chi connectivity index (χ4n) is 1.61. The topological polar surface area (TPSA) is 36.7 Å². The second-order valence-corrected chi connectivity index (χ2v) is 4.15. The molecule has 0 aliphatic heterocycles. The van der Waals surface area contributed by atoms with Crippen LogP contribution in [0.5, 0.6) is 0 Å². The molecule has 0 spiro atoms. The SMILES string of the molecule is N#C/C(=C/c1ccc(F)cc1)c1ccc(C(F)(F)F)cn1. The van der Waals surface area contributed by atoms with Gasteiger partial charge in [0.1, 0.15) is 11.9 Å². The molecule has 0 bridgehead atoms. The van der Waals surface area contributed by atoms with Crippen molar-refractivity contribution in [2.45, 2.75) is 6.18 Å². The molecule has 0 saturated heterocycles. The molecule has 6 heteroatoms. The van der Waals surface area contributed by atoms with E-state index in [-0.39, 0.29) is 11.3 Å². The molecular formula is C15H8F4N2. The van der Waals surface area contributed by atoms with Crippen molar-refractivity contribution >= 4 is 11.6 Å². The van der Waals surface area contributed by atoms with Crippen LogP contribution >= 0.6 is 0 Å². The van der Waals surface area contributed by atoms with Crippen molar-refractivity contribution in [1.82, 2.24) is 4.98 Å². The van der Waals surface area contributed by atoms with Crippen LogP contribution in [0, 0.1) is 17.1 Å². The molecule has 0 unspecified atom stereocenters. The molecule has 0 amide bonds. The summed E-state index contributed by atoms with van der Waals surface area (Å²) in [6.45, 7) is 0. The van der Waals surface area contributed by atoms with Gasteiger partial charge < -0.3 is 0 Å². The van der Waals surface area contributed by atoms with Gasteiger partial charge in [-0.15, -0.1) is 0 Å². The number of rotatable bonds is 2. The zero-order chi connectivity index (χ0) is 15.5. The molecule has 0 aliphatic rings. The van der Waals surface area contributed by atoms with Crippen molar-refractivity contribution in [2.24, 2.45) is 0 Å². The van der Waals surface area contributed by atoms with E-state index in [1.54, 1.807) is 0 Å². The zero-order valence-electron chi connectivity index (χ0n) is 10.5. The van der Waals surface area contributed by atoms with Crippen molar-refractivity contribution in [3.05, 3.63) is 65.2 Å². The quantitative estimate of drug-likeness (QED) is 0.611. The number of nitrogens with zero attached hydrogens (tertiary/aromatic N) is 2. The number of aromatic nitrogens is 1. The second kappa shape index (κ2) is 5.75. The van der Waals surface area contributed by atoms with E-state index >= 15 is 0 Å². The van der Waals surface area contributed by atoms with Gasteiger partial charge in [-0.3, -0.25) is 4.98 Å². The fraction of sp³-hybridized carbons (Fsp3) is 0.0667. The van der Waals surface area contributed by atoms with Crippen molar-refractivity contribution in [2.75, 3.05) is 0 Å². The van der Waals surface area contributed by atoms with Gasteiger partial charge in [-0.1, -0.05) is 12.1 Å². The molecule has 0 atom stereocenters. The Hall–Kier alpha value is -2.68. The van der Waals surface area contributed by atoms with Gasteiger partial charge in [0.2, 0.25) is 0 Å². The number of allylic oxidation sites excluding steroid dienone is 1. The maximum atomic E-state index is 12.8. The predicted octanol–water partition coefficient (Wildman–Crippen LogP) is 4.30. The van der Waals surface area contributed by atoms with Gasteiger partial charge in [-0.2, -0.15) is 18.4 Å². The lowest BCUT2D eigenvalue weighted by atomic mass is 10.1. The van der Waals surface area contributed by atoms with Crippen LogP contribution in [0.15, 0.2) is 42.6 Å². The molecule has 0 saturated carbocycles. The number of halogens is 4. The minimum absolute atomic E-state index is 0.0929. The molecule has 0 N–H and O–H groups in total. The van der Waals surface area contributed by atoms with Crippen molar-refractivity contribution in [1.29, 1.82) is 5.26 Å². The Morgan fingerprint density at radius 2 is 1.76 bits per heavy atom. The van der Waals surface area contributed by atoms with Crippen molar-refractivity contribution in [3.8, 4) is 6.07 Å². The highest BCUT2D eigenvalue weighted by Crippen LogP contribution is 2.29. The Morgan fingerprint density at radius 1 is 1.10 bits per heavy atom. The summed E-state index contributed by atoms with van der Waals surface area (Å²) in [4.78, 5) is 3.65. The van der Waals surface area contributed by atoms with Crippen molar-refractivity contribution in [3.63, 3.8) is 0 Å². The van der Waals surface area contributed by atoms with E-state index in [2.05, 4.69) is 4.98 Å². The Morgan fingerprint density at radius 3 is 2.24 bits per heavy atom. The third kappa shape index (κ3) is 3.66. The van der Waals surface area contributed by atoms with E-state index in [1.165, 1.54) is 30.3 Å². The van der Waals surface area contributed by atoms with Gasteiger partial charge in [-0.05, 0) is 35.9 Å². The average Bonchev–Trinajstić information content (AvgIpc) is 2.46. The van der Waals surface area contributed by atoms with Gasteiger partial charge in [-0.25, -0.2) is 4.39 Å². The molecule has 1 aromatic carbocycles. The molecule has 21 heavy (non-hydrogen) atoms. The zero-order valence-corrected chi connectivity index (χ0v) is 10.5. The van der Waals surface area contributed by atoms with Crippen LogP contribution in [0.3, 0.4) is 0 Å². The van der Waals surface area contributed by atoms with Gasteiger partial charge in [0.15, 0.2) is 0 Å². The van der Waals surface area contributed by atoms with E-state index in [1.807, 2.05) is 6.07 Å². The largest absolute Gasteiger partial charge is 0.417 e. The lowest BCUT2D eigenvalue weighted by Crippen LogP contribution is -2.05. The monoisotopic (exact) mass is 292 g/mol. The first kappa shape index (κ1) is 14.7. The maximum Gasteiger partial charge on any atom is 0.417 e. The number of hydrogen-bond donors (Lipinski definition) is 0. The highest BCUT2D eigenvalue weighted by Gasteiger charge is 2.30. The van der Waals surface area contributed by atoms with Crippen LogP contribution in [0.2, 0.25) is 0 Å². The summed E-state index contributed by atoms with van der Waals surface area (Å²) in [6, 6.07) is 9.21. The Kier molecular flexibility index (Phi) is 4.03. The van der Waals surface area contributed by atoms with Crippen LogP contribution in [0.4, 0.5) is 17.6 Å². The number of alkyl halides is 3. The summed E-state index contributed by atoms with van der Waals surface area (Å²) in [7, 11) is 0. The van der Waals surface area contributed by atoms with Crippen LogP contribution in [0.25, 0.3) is 11.6 Å². The van der Waals surface area contributed by atoms with Crippen LogP contribution in [-0.2, 0) is 6.18 Å². The highest BCUT2D eigenvalue weighted by molar-refractivity contribution is 5.88. The molecule has 0 fully saturated rings. The third-order valence-electron chi connectivity index (χ3n) is 2.67. The molecule has 106 valence electrons. The molecule has 2 aromatic rings. The first-order valence-corrected chi connectivity index (χ1v) is 5.81. The van der Waals surface area contributed by atoms with Crippen LogP contribution in [-0.4, -0.2) is 4.98 Å². The molecule has 1 aromatic heterocycles. The van der Waals surface area contributed by atoms with Gasteiger partial charge >= 0.3 is 6.18 Å². The molecule has 1 heterocycles. The van der Waals surface area contributed by atoms with Gasteiger partial charge in [0.25, 0.3) is 0 Å². The summed E-state index contributed by atoms with van der Waals surface area (Å²) < 4.78 is 50.1. The number of benzene rings is 1. The molecule has 0 radical (unpaired) electrons. The highest BCUT2D eigenvalue weighted by atomic mass is 19.4. The fourth-order valence-corrected chi connectivity index (χ4v) is 1.61. The lowest BCUT2D eigenvalue weighted by Gasteiger charge is -2.06. The molecular weight excluding hydrogens is 284 g/mol. The maximum absolute atomic E-state index is 12.8. The number of nitriles is 1. The van der Waals surface area contributed by atoms with Gasteiger partial charge in [0, 0.05) is 6.20 Å². The lowest BCUT2D eigenvalue weighted by molar-refractivity contribution is -0.137. The van der Waals surface area contributed by atoms with E-state index < -0.39 is 17.6 Å². The van der Waals surface area contributed by atoms with Crippen LogP contribution in [0.1, 0.15) is 16.8 Å². The summed E-state index contributed by atoms with van der Waals surface area (Å²) in [6.07, 6.45) is -2.38. The van der Waals surface area contributed by atoms with E-state index in [9.17, 15) is 17.6 Å². The Balaban J connectivity index is 2.34. The minimum atomic E-state index is -4.47. The number of pyridine rings is 1. The first-order valence-electron chi connectivity index (χ1n) is 5.81. The average molecular weight is 292 g/mol. The normalized spacial score (nSPS) is 12.0. The Bertz CT molecular complexity index is 692. The third-order valence-corrected chi connectivity index (χ3v) is 2.67. The smallest absolute Gasteiger partial charge is 0.255 e. The summed E-state index contributed by atoms with van der Waals surface area (Å²) in [5.74, 6) is -0.418. The molecule has 2 nitrogen and oxygen atoms in total. The summed E-state index contributed by atoms with van der Waals surface area (Å²) >= 11 is 0. The molecule has 2 rings (SSSR count). The standard InChI is InChI=1S/C15H8F4N2/c16-13-4-1-10(2-5-13)7-11(8-20)14-6-3-12(9-21-14)15(17,18)19/h1-7,9H/b11-7-. The predicted molar refractivity (Wildman–Crippen MR) is 69.1 cm³/mol. The second-order valence-electron chi connectivity index (χ2n) is 4.15. The number of hydrogen-bond acceptors (Lipinski definition) is 2. The Labute approximate surface area is 118 Å². The molecule has 0 aliphatic carbocycles. The van der Waals surface area contributed by atoms with Gasteiger partial charge in [0.05, 0.1) is 16.8 Å². The van der Waals surface area contributed by atoms with Crippen LogP contribution < -0.4 is 0 Å². The van der Waals surface area contributed by atoms with E-state index in [0.717, 1.165) is 12.1 Å². The van der Waals surface area contributed by atoms with E-state index in [0.29, 0.717) is 11.8 Å². The first-order chi connectivity index (χ1) is 9.90. The summed E-state index contributed by atoms with van der Waals surface area (Å²) in [5, 5.41) is 9.07. The summed E-state index contributed by atoms with van der Waals surface area (Å²) in [5.41, 5.74) is -0.120.